The average Bonchev–Trinajstić information content (AvgIpc) is 3.06. The minimum atomic E-state index is -4.62. The van der Waals surface area contributed by atoms with E-state index in [0.29, 0.717) is 21.9 Å². The molecule has 0 spiro atoms. The van der Waals surface area contributed by atoms with Crippen LogP contribution in [-0.4, -0.2) is 23.9 Å². The number of benzene rings is 2. The fourth-order valence-corrected chi connectivity index (χ4v) is 2.53. The maximum Gasteiger partial charge on any atom is 0.444 e. The number of halogens is 4. The van der Waals surface area contributed by atoms with Crippen molar-refractivity contribution >= 4 is 23.5 Å². The predicted molar refractivity (Wildman–Crippen MR) is 88.9 cm³/mol. The second kappa shape index (κ2) is 7.29. The lowest BCUT2D eigenvalue weighted by molar-refractivity contribution is -0.171. The molecular formula is C18H13ClF3NO3. The Kier molecular flexibility index (Phi) is 5.08. The molecular weight excluding hydrogens is 371 g/mol. The van der Waals surface area contributed by atoms with E-state index in [1.54, 1.807) is 54.6 Å². The molecule has 0 radical (unpaired) electrons. The number of rotatable bonds is 3. The van der Waals surface area contributed by atoms with Gasteiger partial charge in [0.2, 0.25) is 0 Å². The molecule has 2 aromatic rings. The molecule has 0 aliphatic carbocycles. The maximum atomic E-state index is 12.3. The van der Waals surface area contributed by atoms with E-state index in [-0.39, 0.29) is 0 Å². The van der Waals surface area contributed by atoms with Gasteiger partial charge >= 0.3 is 12.3 Å². The molecule has 0 bridgehead atoms. The Balaban J connectivity index is 1.87. The molecule has 1 atom stereocenters. The minimum absolute atomic E-state index is 0.342. The van der Waals surface area contributed by atoms with Crippen molar-refractivity contribution in [1.82, 2.24) is 5.06 Å². The highest BCUT2D eigenvalue weighted by Gasteiger charge is 2.37. The van der Waals surface area contributed by atoms with Gasteiger partial charge < -0.3 is 9.57 Å². The molecule has 8 heteroatoms. The highest BCUT2D eigenvalue weighted by molar-refractivity contribution is 6.30. The molecule has 136 valence electrons. The summed E-state index contributed by atoms with van der Waals surface area (Å²) in [5.74, 6) is 0.342. The molecule has 0 saturated heterocycles. The SMILES string of the molecule is O=C(OCC(F)(F)F)N1OC(c2ccccc2)=CC1c1ccc(Cl)cc1. The van der Waals surface area contributed by atoms with Crippen LogP contribution in [0.3, 0.4) is 0 Å². The molecule has 3 rings (SSSR count). The summed E-state index contributed by atoms with van der Waals surface area (Å²) in [5.41, 5.74) is 1.29. The van der Waals surface area contributed by atoms with Gasteiger partial charge in [0.25, 0.3) is 0 Å². The zero-order valence-corrected chi connectivity index (χ0v) is 14.0. The molecule has 1 heterocycles. The first-order valence-corrected chi connectivity index (χ1v) is 7.95. The molecule has 0 saturated carbocycles. The number of hydrogen-bond acceptors (Lipinski definition) is 3. The maximum absolute atomic E-state index is 12.3. The molecule has 2 aromatic carbocycles. The van der Waals surface area contributed by atoms with E-state index < -0.39 is 24.9 Å². The number of carbonyl (C=O) groups excluding carboxylic acids is 1. The Labute approximate surface area is 152 Å². The fraction of sp³-hybridized carbons (Fsp3) is 0.167. The van der Waals surface area contributed by atoms with Gasteiger partial charge in [0.15, 0.2) is 12.4 Å². The third-order valence-electron chi connectivity index (χ3n) is 3.57. The van der Waals surface area contributed by atoms with Crippen molar-refractivity contribution in [3.05, 3.63) is 76.8 Å². The molecule has 1 aliphatic heterocycles. The Morgan fingerprint density at radius 1 is 1.12 bits per heavy atom. The van der Waals surface area contributed by atoms with Crippen LogP contribution in [0.4, 0.5) is 18.0 Å². The van der Waals surface area contributed by atoms with Crippen molar-refractivity contribution < 1.29 is 27.5 Å². The molecule has 0 N–H and O–H groups in total. The second-order valence-electron chi connectivity index (χ2n) is 5.48. The number of alkyl halides is 3. The monoisotopic (exact) mass is 383 g/mol. The van der Waals surface area contributed by atoms with Crippen LogP contribution in [0.25, 0.3) is 5.76 Å². The average molecular weight is 384 g/mol. The normalized spacial score (nSPS) is 16.8. The Hall–Kier alpha value is -2.67. The molecule has 1 unspecified atom stereocenters. The zero-order chi connectivity index (χ0) is 18.7. The molecule has 0 aromatic heterocycles. The standard InChI is InChI=1S/C18H13ClF3NO3/c19-14-8-6-12(7-9-14)15-10-16(13-4-2-1-3-5-13)26-23(15)17(24)25-11-18(20,21)22/h1-10,15H,11H2. The van der Waals surface area contributed by atoms with Crippen LogP contribution in [0.5, 0.6) is 0 Å². The van der Waals surface area contributed by atoms with Crippen LogP contribution < -0.4 is 0 Å². The van der Waals surface area contributed by atoms with Crippen molar-refractivity contribution in [1.29, 1.82) is 0 Å². The molecule has 4 nitrogen and oxygen atoms in total. The topological polar surface area (TPSA) is 38.8 Å². The summed E-state index contributed by atoms with van der Waals surface area (Å²) in [6.07, 6.45) is -4.22. The first-order chi connectivity index (χ1) is 12.3. The van der Waals surface area contributed by atoms with Crippen molar-refractivity contribution in [2.24, 2.45) is 0 Å². The molecule has 1 amide bonds. The van der Waals surface area contributed by atoms with E-state index in [4.69, 9.17) is 16.4 Å². The summed E-state index contributed by atoms with van der Waals surface area (Å²) in [6, 6.07) is 14.7. The van der Waals surface area contributed by atoms with Gasteiger partial charge in [-0.25, -0.2) is 4.79 Å². The highest BCUT2D eigenvalue weighted by Crippen LogP contribution is 2.36. The van der Waals surface area contributed by atoms with Gasteiger partial charge in [-0.3, -0.25) is 0 Å². The van der Waals surface area contributed by atoms with Gasteiger partial charge in [-0.05, 0) is 23.8 Å². The van der Waals surface area contributed by atoms with Gasteiger partial charge in [-0.15, -0.1) is 5.06 Å². The molecule has 0 fully saturated rings. The quantitative estimate of drug-likeness (QED) is 0.715. The smallest absolute Gasteiger partial charge is 0.438 e. The lowest BCUT2D eigenvalue weighted by Crippen LogP contribution is -2.33. The second-order valence-corrected chi connectivity index (χ2v) is 5.92. The summed E-state index contributed by atoms with van der Waals surface area (Å²) in [4.78, 5) is 17.6. The number of amides is 1. The van der Waals surface area contributed by atoms with Crippen LogP contribution >= 0.6 is 11.6 Å². The summed E-state index contributed by atoms with van der Waals surface area (Å²) in [6.45, 7) is -1.69. The van der Waals surface area contributed by atoms with E-state index in [1.165, 1.54) is 0 Å². The number of hydroxylamine groups is 2. The number of ether oxygens (including phenoxy) is 1. The summed E-state index contributed by atoms with van der Waals surface area (Å²) in [5, 5.41) is 1.27. The van der Waals surface area contributed by atoms with E-state index in [2.05, 4.69) is 4.74 Å². The van der Waals surface area contributed by atoms with Gasteiger partial charge in [0.05, 0.1) is 0 Å². The number of hydrogen-bond donors (Lipinski definition) is 0. The third-order valence-corrected chi connectivity index (χ3v) is 3.82. The van der Waals surface area contributed by atoms with E-state index in [1.807, 2.05) is 6.07 Å². The van der Waals surface area contributed by atoms with Gasteiger partial charge in [-0.2, -0.15) is 13.2 Å². The van der Waals surface area contributed by atoms with Crippen molar-refractivity contribution in [2.75, 3.05) is 6.61 Å². The first kappa shape index (κ1) is 18.1. The Morgan fingerprint density at radius 2 is 1.77 bits per heavy atom. The first-order valence-electron chi connectivity index (χ1n) is 7.57. The zero-order valence-electron chi connectivity index (χ0n) is 13.2. The predicted octanol–water partition coefficient (Wildman–Crippen LogP) is 5.37. The van der Waals surface area contributed by atoms with Crippen LogP contribution in [-0.2, 0) is 9.57 Å². The summed E-state index contributed by atoms with van der Waals surface area (Å²) < 4.78 is 41.4. The molecule has 26 heavy (non-hydrogen) atoms. The van der Waals surface area contributed by atoms with Gasteiger partial charge in [0.1, 0.15) is 6.04 Å². The van der Waals surface area contributed by atoms with Crippen LogP contribution in [0.15, 0.2) is 60.7 Å². The number of nitrogens with zero attached hydrogens (tertiary/aromatic N) is 1. The summed E-state index contributed by atoms with van der Waals surface area (Å²) in [7, 11) is 0. The largest absolute Gasteiger partial charge is 0.444 e. The number of carbonyl (C=O) groups is 1. The highest BCUT2D eigenvalue weighted by atomic mass is 35.5. The van der Waals surface area contributed by atoms with Gasteiger partial charge in [0, 0.05) is 10.6 Å². The lowest BCUT2D eigenvalue weighted by Gasteiger charge is -2.23. The minimum Gasteiger partial charge on any atom is -0.438 e. The van der Waals surface area contributed by atoms with Crippen LogP contribution in [0.2, 0.25) is 5.02 Å². The van der Waals surface area contributed by atoms with Crippen molar-refractivity contribution in [2.45, 2.75) is 12.2 Å². The van der Waals surface area contributed by atoms with Crippen molar-refractivity contribution in [3.8, 4) is 0 Å². The van der Waals surface area contributed by atoms with Crippen molar-refractivity contribution in [3.63, 3.8) is 0 Å². The van der Waals surface area contributed by atoms with Crippen LogP contribution in [0, 0.1) is 0 Å². The lowest BCUT2D eigenvalue weighted by atomic mass is 10.1. The Morgan fingerprint density at radius 3 is 2.38 bits per heavy atom. The van der Waals surface area contributed by atoms with E-state index in [9.17, 15) is 18.0 Å². The van der Waals surface area contributed by atoms with Gasteiger partial charge in [-0.1, -0.05) is 54.1 Å². The van der Waals surface area contributed by atoms with Crippen LogP contribution in [0.1, 0.15) is 17.2 Å². The fourth-order valence-electron chi connectivity index (χ4n) is 2.41. The Bertz CT molecular complexity index is 807. The summed E-state index contributed by atoms with van der Waals surface area (Å²) >= 11 is 5.86. The third kappa shape index (κ3) is 4.29. The molecule has 1 aliphatic rings. The van der Waals surface area contributed by atoms with E-state index >= 15 is 0 Å². The van der Waals surface area contributed by atoms with E-state index in [0.717, 1.165) is 5.06 Å².